The van der Waals surface area contributed by atoms with Gasteiger partial charge in [0.25, 0.3) is 0 Å². The van der Waals surface area contributed by atoms with Crippen molar-refractivity contribution in [2.75, 3.05) is 30.3 Å². The Labute approximate surface area is 252 Å². The highest BCUT2D eigenvalue weighted by atomic mass is 32.2. The molecule has 7 nitrogen and oxygen atoms in total. The fraction of sp³-hybridized carbons (Fsp3) is 0.294. The van der Waals surface area contributed by atoms with Crippen molar-refractivity contribution in [3.05, 3.63) is 102 Å². The van der Waals surface area contributed by atoms with E-state index in [1.807, 2.05) is 54.6 Å². The van der Waals surface area contributed by atoms with Gasteiger partial charge in [-0.15, -0.1) is 0 Å². The number of aromatic nitrogens is 2. The van der Waals surface area contributed by atoms with Crippen LogP contribution in [0.25, 0.3) is 21.7 Å². The molecular weight excluding hydrogens is 561 g/mol. The Morgan fingerprint density at radius 2 is 1.44 bits per heavy atom. The minimum absolute atomic E-state index is 0.232. The van der Waals surface area contributed by atoms with Gasteiger partial charge in [-0.2, -0.15) is 4.98 Å². The van der Waals surface area contributed by atoms with Crippen molar-refractivity contribution in [3.63, 3.8) is 0 Å². The van der Waals surface area contributed by atoms with Gasteiger partial charge >= 0.3 is 0 Å². The number of nitrogens with zero attached hydrogens (tertiary/aromatic N) is 2. The molecule has 1 heterocycles. The van der Waals surface area contributed by atoms with Crippen molar-refractivity contribution >= 4 is 43.5 Å². The highest BCUT2D eigenvalue weighted by Crippen LogP contribution is 2.30. The number of benzene rings is 4. The van der Waals surface area contributed by atoms with E-state index in [4.69, 9.17) is 9.97 Å². The third kappa shape index (κ3) is 7.29. The van der Waals surface area contributed by atoms with Gasteiger partial charge < -0.3 is 10.6 Å². The van der Waals surface area contributed by atoms with E-state index in [0.717, 1.165) is 71.7 Å². The van der Waals surface area contributed by atoms with E-state index in [0.29, 0.717) is 35.8 Å². The molecule has 9 heteroatoms. The van der Waals surface area contributed by atoms with E-state index in [1.54, 1.807) is 24.3 Å². The van der Waals surface area contributed by atoms with E-state index in [1.165, 1.54) is 12.1 Å². The van der Waals surface area contributed by atoms with E-state index < -0.39 is 10.0 Å². The number of hydrogen-bond acceptors (Lipinski definition) is 6. The van der Waals surface area contributed by atoms with Crippen LogP contribution >= 0.6 is 0 Å². The fourth-order valence-electron chi connectivity index (χ4n) is 5.79. The molecule has 3 N–H and O–H groups in total. The molecule has 0 amide bonds. The number of hydrogen-bond donors (Lipinski definition) is 3. The van der Waals surface area contributed by atoms with Crippen molar-refractivity contribution in [3.8, 4) is 0 Å². The highest BCUT2D eigenvalue weighted by Gasteiger charge is 2.24. The smallest absolute Gasteiger partial charge is 0.240 e. The molecule has 0 atom stereocenters. The number of nitrogens with one attached hydrogen (secondary N) is 3. The zero-order chi connectivity index (χ0) is 29.6. The number of fused-ring (bicyclic) bond motifs is 2. The summed E-state index contributed by atoms with van der Waals surface area (Å²) in [6, 6.07) is 27.5. The maximum atomic E-state index is 13.2. The maximum absolute atomic E-state index is 13.2. The molecule has 0 bridgehead atoms. The first-order valence-corrected chi connectivity index (χ1v) is 16.4. The average Bonchev–Trinajstić information content (AvgIpc) is 3.04. The van der Waals surface area contributed by atoms with Gasteiger partial charge in [-0.25, -0.2) is 22.5 Å². The Morgan fingerprint density at radius 1 is 0.744 bits per heavy atom. The summed E-state index contributed by atoms with van der Waals surface area (Å²) in [5, 5.41) is 9.79. The molecule has 4 aromatic carbocycles. The lowest BCUT2D eigenvalue weighted by Gasteiger charge is -2.28. The summed E-state index contributed by atoms with van der Waals surface area (Å²) < 4.78 is 42.0. The first-order valence-electron chi connectivity index (χ1n) is 14.9. The van der Waals surface area contributed by atoms with Crippen LogP contribution in [0, 0.1) is 17.7 Å². The van der Waals surface area contributed by atoms with Crippen molar-refractivity contribution in [2.45, 2.75) is 37.0 Å². The summed E-state index contributed by atoms with van der Waals surface area (Å²) in [5.41, 5.74) is 1.93. The van der Waals surface area contributed by atoms with Crippen LogP contribution in [0.3, 0.4) is 0 Å². The maximum Gasteiger partial charge on any atom is 0.240 e. The average molecular weight is 598 g/mol. The second kappa shape index (κ2) is 13.1. The molecule has 5 aromatic rings. The summed E-state index contributed by atoms with van der Waals surface area (Å²) in [5.74, 6) is 1.92. The van der Waals surface area contributed by atoms with Gasteiger partial charge in [0.05, 0.1) is 10.4 Å². The van der Waals surface area contributed by atoms with Crippen LogP contribution in [0.2, 0.25) is 0 Å². The Balaban J connectivity index is 1.00. The zero-order valence-electron chi connectivity index (χ0n) is 24.0. The first-order chi connectivity index (χ1) is 20.9. The topological polar surface area (TPSA) is 96.0 Å². The number of anilines is 2. The second-order valence-electron chi connectivity index (χ2n) is 11.3. The third-order valence-electron chi connectivity index (χ3n) is 8.33. The summed E-state index contributed by atoms with van der Waals surface area (Å²) in [6.45, 7) is 1.89. The minimum Gasteiger partial charge on any atom is -0.369 e. The normalized spacial score (nSPS) is 17.2. The fourth-order valence-corrected chi connectivity index (χ4v) is 6.94. The van der Waals surface area contributed by atoms with E-state index in [9.17, 15) is 12.8 Å². The molecule has 6 rings (SSSR count). The third-order valence-corrected chi connectivity index (χ3v) is 9.75. The summed E-state index contributed by atoms with van der Waals surface area (Å²) in [6.07, 6.45) is 4.74. The van der Waals surface area contributed by atoms with Crippen LogP contribution in [-0.4, -0.2) is 38.0 Å². The van der Waals surface area contributed by atoms with Gasteiger partial charge in [0.2, 0.25) is 16.0 Å². The molecule has 1 aromatic heterocycles. The lowest BCUT2D eigenvalue weighted by Crippen LogP contribution is -2.32. The lowest BCUT2D eigenvalue weighted by molar-refractivity contribution is 0.284. The van der Waals surface area contributed by atoms with Crippen molar-refractivity contribution in [1.29, 1.82) is 0 Å². The highest BCUT2D eigenvalue weighted by molar-refractivity contribution is 7.89. The predicted octanol–water partition coefficient (Wildman–Crippen LogP) is 6.77. The zero-order valence-corrected chi connectivity index (χ0v) is 24.8. The number of sulfonamides is 1. The quantitative estimate of drug-likeness (QED) is 0.156. The molecular formula is C34H36FN5O2S. The van der Waals surface area contributed by atoms with Crippen molar-refractivity contribution in [1.82, 2.24) is 14.7 Å². The van der Waals surface area contributed by atoms with Gasteiger partial charge in [-0.1, -0.05) is 54.6 Å². The van der Waals surface area contributed by atoms with Crippen LogP contribution in [0.4, 0.5) is 16.2 Å². The SMILES string of the molecule is O=S(=O)(NCC1CCC(CNc2nc(NCCc3ccc(F)cc3)c3ccccc3n2)CC1)c1ccc2ccccc2c1. The molecule has 1 aliphatic rings. The largest absolute Gasteiger partial charge is 0.369 e. The Hall–Kier alpha value is -4.08. The molecule has 1 saturated carbocycles. The van der Waals surface area contributed by atoms with Crippen molar-refractivity contribution < 1.29 is 12.8 Å². The number of rotatable bonds is 11. The first kappa shape index (κ1) is 29.0. The number of halogens is 1. The van der Waals surface area contributed by atoms with Gasteiger partial charge in [0, 0.05) is 25.0 Å². The monoisotopic (exact) mass is 597 g/mol. The van der Waals surface area contributed by atoms with Gasteiger partial charge in [0.1, 0.15) is 11.6 Å². The van der Waals surface area contributed by atoms with Crippen molar-refractivity contribution in [2.24, 2.45) is 11.8 Å². The molecule has 0 aliphatic heterocycles. The molecule has 1 aliphatic carbocycles. The molecule has 0 saturated heterocycles. The van der Waals surface area contributed by atoms with Crippen LogP contribution in [0.15, 0.2) is 95.9 Å². The van der Waals surface area contributed by atoms with Crippen LogP contribution in [-0.2, 0) is 16.4 Å². The minimum atomic E-state index is -3.56. The van der Waals surface area contributed by atoms with Gasteiger partial charge in [-0.3, -0.25) is 0 Å². The van der Waals surface area contributed by atoms with Gasteiger partial charge in [-0.05, 0) is 96.7 Å². The Morgan fingerprint density at radius 3 is 2.23 bits per heavy atom. The summed E-state index contributed by atoms with van der Waals surface area (Å²) in [4.78, 5) is 9.82. The molecule has 1 fully saturated rings. The van der Waals surface area contributed by atoms with E-state index >= 15 is 0 Å². The lowest BCUT2D eigenvalue weighted by atomic mass is 9.82. The molecule has 0 radical (unpaired) electrons. The summed E-state index contributed by atoms with van der Waals surface area (Å²) in [7, 11) is -3.56. The Bertz CT molecular complexity index is 1810. The standard InChI is InChI=1S/C34H36FN5O2S/c35-29-16-13-24(14-17-29)19-20-36-33-31-7-3-4-8-32(31)39-34(40-33)37-22-25-9-11-26(12-10-25)23-38-43(41,42)30-18-15-27-5-1-2-6-28(27)21-30/h1-8,13-18,21,25-26,38H,9-12,19-20,22-23H2,(H2,36,37,39,40). The van der Waals surface area contributed by atoms with Gasteiger partial charge in [0.15, 0.2) is 0 Å². The predicted molar refractivity (Wildman–Crippen MR) is 171 cm³/mol. The molecule has 0 spiro atoms. The summed E-state index contributed by atoms with van der Waals surface area (Å²) >= 11 is 0. The van der Waals surface area contributed by atoms with Crippen LogP contribution < -0.4 is 15.4 Å². The molecule has 0 unspecified atom stereocenters. The van der Waals surface area contributed by atoms with E-state index in [-0.39, 0.29) is 5.82 Å². The van der Waals surface area contributed by atoms with Crippen LogP contribution in [0.5, 0.6) is 0 Å². The Kier molecular flexibility index (Phi) is 8.81. The van der Waals surface area contributed by atoms with E-state index in [2.05, 4.69) is 15.4 Å². The van der Waals surface area contributed by atoms with Crippen LogP contribution in [0.1, 0.15) is 31.2 Å². The number of para-hydroxylation sites is 1. The molecule has 43 heavy (non-hydrogen) atoms. The second-order valence-corrected chi connectivity index (χ2v) is 13.1. The molecule has 222 valence electrons.